The summed E-state index contributed by atoms with van der Waals surface area (Å²) in [4.78, 5) is 65.7. The summed E-state index contributed by atoms with van der Waals surface area (Å²) in [5.74, 6) is -2.54. The fraction of sp³-hybridized carbons (Fsp3) is 0.815. The van der Waals surface area contributed by atoms with Crippen LogP contribution in [-0.2, 0) is 23.9 Å². The molecule has 3 rings (SSSR count). The Morgan fingerprint density at radius 3 is 2.03 bits per heavy atom. The van der Waals surface area contributed by atoms with Crippen LogP contribution in [0.1, 0.15) is 74.7 Å². The second-order valence-electron chi connectivity index (χ2n) is 13.4. The zero-order valence-electron chi connectivity index (χ0n) is 23.8. The quantitative estimate of drug-likeness (QED) is 0.418. The molecule has 0 unspecified atom stereocenters. The molecule has 220 valence electrons. The van der Waals surface area contributed by atoms with Crippen LogP contribution in [0.3, 0.4) is 0 Å². The van der Waals surface area contributed by atoms with E-state index in [1.807, 2.05) is 13.8 Å². The smallest absolute Gasteiger partial charge is 0.427 e. The number of hydrogen-bond donors (Lipinski definition) is 2. The Kier molecular flexibility index (Phi) is 7.97. The summed E-state index contributed by atoms with van der Waals surface area (Å²) in [6.07, 6.45) is -4.08. The molecule has 2 saturated carbocycles. The summed E-state index contributed by atoms with van der Waals surface area (Å²) in [7, 11) is 0. The zero-order valence-corrected chi connectivity index (χ0v) is 23.8. The molecule has 3 fully saturated rings. The minimum Gasteiger partial charge on any atom is -0.434 e. The summed E-state index contributed by atoms with van der Waals surface area (Å²) in [6, 6.07) is -3.25. The first-order valence-electron chi connectivity index (χ1n) is 13.3. The number of rotatable bonds is 9. The first-order valence-corrected chi connectivity index (χ1v) is 13.3. The average molecular weight is 560 g/mol. The molecule has 5 atom stereocenters. The first-order chi connectivity index (χ1) is 17.6. The fourth-order valence-corrected chi connectivity index (χ4v) is 5.49. The van der Waals surface area contributed by atoms with Gasteiger partial charge in [0.05, 0.1) is 6.04 Å². The van der Waals surface area contributed by atoms with Crippen molar-refractivity contribution in [3.05, 3.63) is 0 Å². The molecule has 2 aliphatic carbocycles. The Morgan fingerprint density at radius 2 is 1.56 bits per heavy atom. The monoisotopic (exact) mass is 559 g/mol. The van der Waals surface area contributed by atoms with Crippen molar-refractivity contribution < 1.29 is 41.9 Å². The maximum Gasteiger partial charge on any atom is 0.427 e. The number of Topliss-reactive ketones (excluding diaryl/α,β-unsaturated/α-hetero) is 2. The highest BCUT2D eigenvalue weighted by Gasteiger charge is 2.70. The highest BCUT2D eigenvalue weighted by Crippen LogP contribution is 2.65. The van der Waals surface area contributed by atoms with Crippen LogP contribution in [0, 0.1) is 28.6 Å². The predicted octanol–water partition coefficient (Wildman–Crippen LogP) is 3.39. The molecule has 0 spiro atoms. The van der Waals surface area contributed by atoms with Gasteiger partial charge in [0.15, 0.2) is 5.78 Å². The van der Waals surface area contributed by atoms with Gasteiger partial charge in [0, 0.05) is 13.5 Å². The number of likely N-dealkylation sites (tertiary alicyclic amines) is 1. The molecule has 0 bridgehead atoms. The molecule has 3 aliphatic rings. The molecule has 0 aromatic rings. The third-order valence-electron chi connectivity index (χ3n) is 8.41. The van der Waals surface area contributed by atoms with E-state index in [1.165, 1.54) is 4.90 Å². The van der Waals surface area contributed by atoms with E-state index in [9.17, 15) is 37.1 Å². The number of amides is 3. The highest BCUT2D eigenvalue weighted by atomic mass is 19.4. The molecule has 0 radical (unpaired) electrons. The van der Waals surface area contributed by atoms with Crippen LogP contribution in [0.4, 0.5) is 18.0 Å². The van der Waals surface area contributed by atoms with E-state index in [1.54, 1.807) is 20.8 Å². The average Bonchev–Trinajstić information content (AvgIpc) is 3.61. The van der Waals surface area contributed by atoms with Gasteiger partial charge in [-0.1, -0.05) is 47.5 Å². The number of carbonyl (C=O) groups excluding carboxylic acids is 5. The number of carbonyl (C=O) groups is 5. The van der Waals surface area contributed by atoms with Gasteiger partial charge in [-0.15, -0.1) is 0 Å². The number of nitrogens with zero attached hydrogens (tertiary/aromatic N) is 1. The summed E-state index contributed by atoms with van der Waals surface area (Å²) in [5.41, 5.74) is -3.99. The molecule has 3 amide bonds. The summed E-state index contributed by atoms with van der Waals surface area (Å²) in [5, 5.41) is 5.01. The van der Waals surface area contributed by atoms with Crippen LogP contribution in [0.5, 0.6) is 0 Å². The number of hydrogen-bond acceptors (Lipinski definition) is 6. The molecule has 2 N–H and O–H groups in total. The van der Waals surface area contributed by atoms with Gasteiger partial charge in [0.25, 0.3) is 0 Å². The van der Waals surface area contributed by atoms with Crippen molar-refractivity contribution in [2.75, 3.05) is 6.54 Å². The van der Waals surface area contributed by atoms with Crippen LogP contribution in [0.2, 0.25) is 0 Å². The Hall–Kier alpha value is -2.66. The van der Waals surface area contributed by atoms with Crippen molar-refractivity contribution in [3.63, 3.8) is 0 Å². The van der Waals surface area contributed by atoms with Gasteiger partial charge in [-0.05, 0) is 48.9 Å². The van der Waals surface area contributed by atoms with Crippen molar-refractivity contribution in [2.45, 2.75) is 105 Å². The summed E-state index contributed by atoms with van der Waals surface area (Å²) in [6.45, 7) is 11.6. The van der Waals surface area contributed by atoms with Crippen molar-refractivity contribution in [1.82, 2.24) is 15.5 Å². The number of ether oxygens (including phenoxy) is 1. The molecule has 1 aliphatic heterocycles. The molecule has 39 heavy (non-hydrogen) atoms. The number of alkyl halides is 3. The van der Waals surface area contributed by atoms with Crippen LogP contribution in [0.15, 0.2) is 0 Å². The minimum absolute atomic E-state index is 0.0145. The second-order valence-corrected chi connectivity index (χ2v) is 13.4. The Morgan fingerprint density at radius 1 is 1.00 bits per heavy atom. The standard InChI is InChI=1S/C27H40F3N3O6/c1-13(34)19(35)16(11-14-9-10-14)31-21(36)18-17-15(25(17,5)6)12-33(18)22(37)20(24(2,3)4)32-23(38)39-26(7,8)27(28,29)30/h14-18,20H,9-12H2,1-8H3,(H,31,36)(H,32,38)/t15-,16-,17-,18-,20+/m0/s1. The lowest BCUT2D eigenvalue weighted by Gasteiger charge is -2.38. The van der Waals surface area contributed by atoms with Crippen LogP contribution in [-0.4, -0.2) is 70.8 Å². The number of alkyl carbamates (subject to hydrolysis) is 1. The van der Waals surface area contributed by atoms with E-state index in [0.29, 0.717) is 20.3 Å². The van der Waals surface area contributed by atoms with E-state index in [4.69, 9.17) is 0 Å². The van der Waals surface area contributed by atoms with Crippen molar-refractivity contribution in [3.8, 4) is 0 Å². The van der Waals surface area contributed by atoms with Gasteiger partial charge >= 0.3 is 12.3 Å². The SMILES string of the molecule is CC(=O)C(=O)[C@H](CC1CC1)NC(=O)[C@@H]1[C@@H]2[C@H](CN1C(=O)[C@@H](NC(=O)OC(C)(C)C(F)(F)F)C(C)(C)C)C2(C)C. The summed E-state index contributed by atoms with van der Waals surface area (Å²) < 4.78 is 44.4. The number of fused-ring (bicyclic) bond motifs is 1. The van der Waals surface area contributed by atoms with Crippen molar-refractivity contribution in [1.29, 1.82) is 0 Å². The number of halogens is 3. The van der Waals surface area contributed by atoms with E-state index >= 15 is 0 Å². The predicted molar refractivity (Wildman–Crippen MR) is 134 cm³/mol. The van der Waals surface area contributed by atoms with Gasteiger partial charge in [-0.25, -0.2) is 4.79 Å². The Labute approximate surface area is 226 Å². The number of ketones is 2. The normalized spacial score (nSPS) is 25.7. The molecular weight excluding hydrogens is 519 g/mol. The van der Waals surface area contributed by atoms with Gasteiger partial charge in [-0.3, -0.25) is 19.2 Å². The topological polar surface area (TPSA) is 122 Å². The molecule has 1 saturated heterocycles. The molecule has 0 aromatic carbocycles. The van der Waals surface area contributed by atoms with E-state index < -0.39 is 64.8 Å². The van der Waals surface area contributed by atoms with Crippen LogP contribution < -0.4 is 10.6 Å². The highest BCUT2D eigenvalue weighted by molar-refractivity contribution is 6.38. The summed E-state index contributed by atoms with van der Waals surface area (Å²) >= 11 is 0. The van der Waals surface area contributed by atoms with Gasteiger partial charge in [0.2, 0.25) is 23.2 Å². The Balaban J connectivity index is 1.83. The van der Waals surface area contributed by atoms with Crippen molar-refractivity contribution in [2.24, 2.45) is 28.6 Å². The lowest BCUT2D eigenvalue weighted by Crippen LogP contribution is -2.61. The molecule has 12 heteroatoms. The lowest BCUT2D eigenvalue weighted by molar-refractivity contribution is -0.244. The molecule has 9 nitrogen and oxygen atoms in total. The minimum atomic E-state index is -4.83. The van der Waals surface area contributed by atoms with Gasteiger partial charge in [0.1, 0.15) is 12.1 Å². The maximum absolute atomic E-state index is 13.8. The van der Waals surface area contributed by atoms with E-state index in [0.717, 1.165) is 19.8 Å². The third kappa shape index (κ3) is 6.40. The van der Waals surface area contributed by atoms with Crippen molar-refractivity contribution >= 4 is 29.5 Å². The van der Waals surface area contributed by atoms with E-state index in [-0.39, 0.29) is 29.7 Å². The Bertz CT molecular complexity index is 1040. The lowest BCUT2D eigenvalue weighted by atomic mass is 9.85. The first kappa shape index (κ1) is 30.9. The fourth-order valence-electron chi connectivity index (χ4n) is 5.49. The molecular formula is C27H40F3N3O6. The van der Waals surface area contributed by atoms with Gasteiger partial charge in [-0.2, -0.15) is 13.2 Å². The van der Waals surface area contributed by atoms with E-state index in [2.05, 4.69) is 15.4 Å². The number of nitrogens with one attached hydrogen (secondary N) is 2. The molecule has 0 aromatic heterocycles. The largest absolute Gasteiger partial charge is 0.434 e. The third-order valence-corrected chi connectivity index (χ3v) is 8.41. The second kappa shape index (κ2) is 10.1. The number of piperidine rings is 1. The zero-order chi connectivity index (χ0) is 29.9. The molecule has 1 heterocycles. The maximum atomic E-state index is 13.8. The van der Waals surface area contributed by atoms with Gasteiger partial charge < -0.3 is 20.3 Å². The van der Waals surface area contributed by atoms with Crippen LogP contribution >= 0.6 is 0 Å². The van der Waals surface area contributed by atoms with Crippen LogP contribution in [0.25, 0.3) is 0 Å².